The van der Waals surface area contributed by atoms with E-state index in [0.717, 1.165) is 23.8 Å². The van der Waals surface area contributed by atoms with Gasteiger partial charge in [-0.25, -0.2) is 0 Å². The number of hydrogen-bond donors (Lipinski definition) is 0. The number of rotatable bonds is 7. The fourth-order valence-corrected chi connectivity index (χ4v) is 2.40. The molecule has 2 aromatic carbocycles. The summed E-state index contributed by atoms with van der Waals surface area (Å²) in [6.45, 7) is 2.71. The van der Waals surface area contributed by atoms with Crippen LogP contribution in [0.5, 0.6) is 5.75 Å². The SMILES string of the molecule is CCC(COc1ccc(-c2ccccc2)cc1C=O)N(C)C. The van der Waals surface area contributed by atoms with Gasteiger partial charge in [0, 0.05) is 6.04 Å². The molecule has 0 aromatic heterocycles. The van der Waals surface area contributed by atoms with Gasteiger partial charge in [-0.3, -0.25) is 4.79 Å². The van der Waals surface area contributed by atoms with Crippen LogP contribution in [0.25, 0.3) is 11.1 Å². The highest BCUT2D eigenvalue weighted by Gasteiger charge is 2.12. The maximum Gasteiger partial charge on any atom is 0.153 e. The van der Waals surface area contributed by atoms with Crippen molar-refractivity contribution in [2.75, 3.05) is 20.7 Å². The van der Waals surface area contributed by atoms with Crippen molar-refractivity contribution in [1.29, 1.82) is 0 Å². The normalized spacial score (nSPS) is 12.2. The van der Waals surface area contributed by atoms with Gasteiger partial charge < -0.3 is 9.64 Å². The minimum Gasteiger partial charge on any atom is -0.491 e. The van der Waals surface area contributed by atoms with Gasteiger partial charge in [-0.05, 0) is 43.8 Å². The van der Waals surface area contributed by atoms with Crippen molar-refractivity contribution in [1.82, 2.24) is 4.90 Å². The Hall–Kier alpha value is -2.13. The predicted octanol–water partition coefficient (Wildman–Crippen LogP) is 3.89. The van der Waals surface area contributed by atoms with Crippen LogP contribution in [-0.4, -0.2) is 37.9 Å². The molecule has 0 heterocycles. The lowest BCUT2D eigenvalue weighted by atomic mass is 10.0. The smallest absolute Gasteiger partial charge is 0.153 e. The summed E-state index contributed by atoms with van der Waals surface area (Å²) in [6.07, 6.45) is 1.86. The van der Waals surface area contributed by atoms with Crippen molar-refractivity contribution < 1.29 is 9.53 Å². The quantitative estimate of drug-likeness (QED) is 0.726. The van der Waals surface area contributed by atoms with E-state index in [1.165, 1.54) is 0 Å². The lowest BCUT2D eigenvalue weighted by Gasteiger charge is -2.23. The maximum absolute atomic E-state index is 11.4. The van der Waals surface area contributed by atoms with Crippen molar-refractivity contribution >= 4 is 6.29 Å². The van der Waals surface area contributed by atoms with Crippen molar-refractivity contribution in [3.05, 3.63) is 54.1 Å². The third kappa shape index (κ3) is 3.95. The van der Waals surface area contributed by atoms with Crippen LogP contribution in [0.3, 0.4) is 0 Å². The Morgan fingerprint density at radius 1 is 1.09 bits per heavy atom. The van der Waals surface area contributed by atoms with Crippen molar-refractivity contribution in [3.8, 4) is 16.9 Å². The first-order valence-electron chi connectivity index (χ1n) is 7.59. The molecule has 2 aromatic rings. The topological polar surface area (TPSA) is 29.5 Å². The Labute approximate surface area is 132 Å². The molecule has 0 radical (unpaired) electrons. The van der Waals surface area contributed by atoms with Crippen LogP contribution in [0.15, 0.2) is 48.5 Å². The molecule has 3 nitrogen and oxygen atoms in total. The van der Waals surface area contributed by atoms with E-state index in [-0.39, 0.29) is 0 Å². The van der Waals surface area contributed by atoms with Crippen LogP contribution >= 0.6 is 0 Å². The molecular formula is C19H23NO2. The summed E-state index contributed by atoms with van der Waals surface area (Å²) < 4.78 is 5.86. The molecular weight excluding hydrogens is 274 g/mol. The lowest BCUT2D eigenvalue weighted by molar-refractivity contribution is 0.111. The number of ether oxygens (including phenoxy) is 1. The first kappa shape index (κ1) is 16.2. The second-order valence-corrected chi connectivity index (χ2v) is 5.57. The summed E-state index contributed by atoms with van der Waals surface area (Å²) in [6, 6.07) is 16.1. The molecule has 3 heteroatoms. The number of hydrogen-bond acceptors (Lipinski definition) is 3. The van der Waals surface area contributed by atoms with E-state index >= 15 is 0 Å². The van der Waals surface area contributed by atoms with E-state index in [1.807, 2.05) is 62.6 Å². The molecule has 0 amide bonds. The van der Waals surface area contributed by atoms with Crippen LogP contribution in [0, 0.1) is 0 Å². The van der Waals surface area contributed by atoms with Gasteiger partial charge >= 0.3 is 0 Å². The van der Waals surface area contributed by atoms with Gasteiger partial charge in [0.15, 0.2) is 6.29 Å². The Kier molecular flexibility index (Phi) is 5.73. The molecule has 1 unspecified atom stereocenters. The molecule has 0 aliphatic carbocycles. The molecule has 0 N–H and O–H groups in total. The van der Waals surface area contributed by atoms with E-state index < -0.39 is 0 Å². The summed E-state index contributed by atoms with van der Waals surface area (Å²) >= 11 is 0. The number of carbonyl (C=O) groups is 1. The van der Waals surface area contributed by atoms with Crippen LogP contribution < -0.4 is 4.74 Å². The van der Waals surface area contributed by atoms with Gasteiger partial charge in [0.05, 0.1) is 5.56 Å². The van der Waals surface area contributed by atoms with Crippen LogP contribution in [0.2, 0.25) is 0 Å². The number of nitrogens with zero attached hydrogens (tertiary/aromatic N) is 1. The minimum absolute atomic E-state index is 0.341. The molecule has 0 bridgehead atoms. The van der Waals surface area contributed by atoms with Crippen LogP contribution in [0.4, 0.5) is 0 Å². The average Bonchev–Trinajstić information content (AvgIpc) is 2.56. The summed E-state index contributed by atoms with van der Waals surface area (Å²) in [5.74, 6) is 0.648. The Bertz CT molecular complexity index is 608. The molecule has 0 spiro atoms. The average molecular weight is 297 g/mol. The summed E-state index contributed by atoms with van der Waals surface area (Å²) in [5.41, 5.74) is 2.71. The summed E-state index contributed by atoms with van der Waals surface area (Å²) in [4.78, 5) is 13.5. The molecule has 116 valence electrons. The van der Waals surface area contributed by atoms with Gasteiger partial charge in [-0.2, -0.15) is 0 Å². The Balaban J connectivity index is 2.18. The van der Waals surface area contributed by atoms with Crippen molar-refractivity contribution in [3.63, 3.8) is 0 Å². The lowest BCUT2D eigenvalue weighted by Crippen LogP contribution is -2.33. The predicted molar refractivity (Wildman–Crippen MR) is 90.5 cm³/mol. The monoisotopic (exact) mass is 297 g/mol. The second-order valence-electron chi connectivity index (χ2n) is 5.57. The van der Waals surface area contributed by atoms with Gasteiger partial charge in [-0.1, -0.05) is 43.3 Å². The Morgan fingerprint density at radius 3 is 2.41 bits per heavy atom. The summed E-state index contributed by atoms with van der Waals surface area (Å²) in [7, 11) is 4.08. The van der Waals surface area contributed by atoms with Crippen molar-refractivity contribution in [2.45, 2.75) is 19.4 Å². The molecule has 0 aliphatic rings. The maximum atomic E-state index is 11.4. The number of aldehydes is 1. The molecule has 2 rings (SSSR count). The third-order valence-electron chi connectivity index (χ3n) is 3.88. The van der Waals surface area contributed by atoms with E-state index in [1.54, 1.807) is 0 Å². The molecule has 0 saturated carbocycles. The zero-order valence-electron chi connectivity index (χ0n) is 13.5. The zero-order valence-corrected chi connectivity index (χ0v) is 13.5. The minimum atomic E-state index is 0.341. The van der Waals surface area contributed by atoms with Crippen LogP contribution in [0.1, 0.15) is 23.7 Å². The van der Waals surface area contributed by atoms with E-state index in [2.05, 4.69) is 11.8 Å². The van der Waals surface area contributed by atoms with Gasteiger partial charge in [0.25, 0.3) is 0 Å². The highest BCUT2D eigenvalue weighted by molar-refractivity contribution is 5.83. The van der Waals surface area contributed by atoms with E-state index in [4.69, 9.17) is 4.74 Å². The van der Waals surface area contributed by atoms with Crippen LogP contribution in [-0.2, 0) is 0 Å². The molecule has 1 atom stereocenters. The first-order valence-corrected chi connectivity index (χ1v) is 7.59. The molecule has 22 heavy (non-hydrogen) atoms. The molecule has 0 aliphatic heterocycles. The standard InChI is InChI=1S/C19H23NO2/c1-4-18(20(2)3)14-22-19-11-10-16(12-17(19)13-21)15-8-6-5-7-9-15/h5-13,18H,4,14H2,1-3H3. The third-order valence-corrected chi connectivity index (χ3v) is 3.88. The zero-order chi connectivity index (χ0) is 15.9. The molecule has 0 saturated heterocycles. The fraction of sp³-hybridized carbons (Fsp3) is 0.316. The van der Waals surface area contributed by atoms with E-state index in [9.17, 15) is 4.79 Å². The van der Waals surface area contributed by atoms with Gasteiger partial charge in [0.1, 0.15) is 12.4 Å². The summed E-state index contributed by atoms with van der Waals surface area (Å²) in [5, 5.41) is 0. The second kappa shape index (κ2) is 7.76. The van der Waals surface area contributed by atoms with Gasteiger partial charge in [-0.15, -0.1) is 0 Å². The molecule has 0 fully saturated rings. The fourth-order valence-electron chi connectivity index (χ4n) is 2.40. The largest absolute Gasteiger partial charge is 0.491 e. The number of likely N-dealkylation sites (N-methyl/N-ethyl adjacent to an activating group) is 1. The number of carbonyl (C=O) groups excluding carboxylic acids is 1. The highest BCUT2D eigenvalue weighted by Crippen LogP contribution is 2.26. The van der Waals surface area contributed by atoms with Gasteiger partial charge in [0.2, 0.25) is 0 Å². The van der Waals surface area contributed by atoms with Crippen molar-refractivity contribution in [2.24, 2.45) is 0 Å². The highest BCUT2D eigenvalue weighted by atomic mass is 16.5. The Morgan fingerprint density at radius 2 is 1.82 bits per heavy atom. The number of benzene rings is 2. The first-order chi connectivity index (χ1) is 10.7. The van der Waals surface area contributed by atoms with E-state index in [0.29, 0.717) is 24.0 Å².